The SMILES string of the molecule is CCC(O)CCC(=O)NN. The molecular weight excluding hydrogens is 132 g/mol. The Morgan fingerprint density at radius 3 is 2.80 bits per heavy atom. The summed E-state index contributed by atoms with van der Waals surface area (Å²) >= 11 is 0. The lowest BCUT2D eigenvalue weighted by Gasteiger charge is -2.04. The highest BCUT2D eigenvalue weighted by Crippen LogP contribution is 1.99. The lowest BCUT2D eigenvalue weighted by atomic mass is 10.1. The minimum absolute atomic E-state index is 0.229. The molecule has 0 aromatic rings. The molecule has 0 aromatic heterocycles. The molecule has 0 bridgehead atoms. The van der Waals surface area contributed by atoms with Gasteiger partial charge in [0.1, 0.15) is 0 Å². The van der Waals surface area contributed by atoms with Crippen LogP contribution in [0.15, 0.2) is 0 Å². The van der Waals surface area contributed by atoms with E-state index < -0.39 is 0 Å². The molecule has 4 nitrogen and oxygen atoms in total. The Morgan fingerprint density at radius 2 is 2.40 bits per heavy atom. The molecule has 10 heavy (non-hydrogen) atoms. The second-order valence-electron chi connectivity index (χ2n) is 2.17. The summed E-state index contributed by atoms with van der Waals surface area (Å²) in [5.41, 5.74) is 1.99. The third-order valence-electron chi connectivity index (χ3n) is 1.34. The fourth-order valence-electron chi connectivity index (χ4n) is 0.574. The first kappa shape index (κ1) is 9.39. The number of carbonyl (C=O) groups excluding carboxylic acids is 1. The summed E-state index contributed by atoms with van der Waals surface area (Å²) in [6.45, 7) is 1.87. The highest BCUT2D eigenvalue weighted by molar-refractivity contribution is 5.75. The van der Waals surface area contributed by atoms with Gasteiger partial charge in [0.25, 0.3) is 0 Å². The van der Waals surface area contributed by atoms with Crippen LogP contribution in [0.3, 0.4) is 0 Å². The van der Waals surface area contributed by atoms with Crippen molar-refractivity contribution in [3.63, 3.8) is 0 Å². The minimum Gasteiger partial charge on any atom is -0.393 e. The van der Waals surface area contributed by atoms with Crippen molar-refractivity contribution in [2.75, 3.05) is 0 Å². The fourth-order valence-corrected chi connectivity index (χ4v) is 0.574. The molecule has 0 rings (SSSR count). The molecule has 0 aromatic carbocycles. The summed E-state index contributed by atoms with van der Waals surface area (Å²) in [5.74, 6) is 4.59. The maximum absolute atomic E-state index is 10.5. The standard InChI is InChI=1S/C6H14N2O2/c1-2-5(9)3-4-6(10)8-7/h5,9H,2-4,7H2,1H3,(H,8,10). The number of amides is 1. The van der Waals surface area contributed by atoms with E-state index >= 15 is 0 Å². The largest absolute Gasteiger partial charge is 0.393 e. The van der Waals surface area contributed by atoms with Crippen molar-refractivity contribution in [1.29, 1.82) is 0 Å². The molecule has 0 saturated heterocycles. The third kappa shape index (κ3) is 4.29. The summed E-state index contributed by atoms with van der Waals surface area (Å²) in [5, 5.41) is 8.98. The van der Waals surface area contributed by atoms with E-state index in [0.717, 1.165) is 0 Å². The molecule has 4 N–H and O–H groups in total. The molecular formula is C6H14N2O2. The van der Waals surface area contributed by atoms with Gasteiger partial charge in [-0.25, -0.2) is 5.84 Å². The van der Waals surface area contributed by atoms with Gasteiger partial charge in [0.2, 0.25) is 5.91 Å². The molecule has 0 heterocycles. The van der Waals surface area contributed by atoms with Crippen LogP contribution in [-0.4, -0.2) is 17.1 Å². The number of rotatable bonds is 4. The normalized spacial score (nSPS) is 12.7. The van der Waals surface area contributed by atoms with Gasteiger partial charge < -0.3 is 5.11 Å². The van der Waals surface area contributed by atoms with Crippen molar-refractivity contribution in [1.82, 2.24) is 5.43 Å². The van der Waals surface area contributed by atoms with Gasteiger partial charge in [-0.2, -0.15) is 0 Å². The van der Waals surface area contributed by atoms with E-state index in [1.807, 2.05) is 12.3 Å². The van der Waals surface area contributed by atoms with Crippen molar-refractivity contribution < 1.29 is 9.90 Å². The molecule has 0 fully saturated rings. The summed E-state index contributed by atoms with van der Waals surface area (Å²) < 4.78 is 0. The third-order valence-corrected chi connectivity index (χ3v) is 1.34. The van der Waals surface area contributed by atoms with Gasteiger partial charge >= 0.3 is 0 Å². The highest BCUT2D eigenvalue weighted by atomic mass is 16.3. The van der Waals surface area contributed by atoms with E-state index in [9.17, 15) is 4.79 Å². The van der Waals surface area contributed by atoms with Gasteiger partial charge in [-0.3, -0.25) is 10.2 Å². The Bertz CT molecular complexity index is 106. The summed E-state index contributed by atoms with van der Waals surface area (Å²) in [6, 6.07) is 0. The Labute approximate surface area is 60.4 Å². The summed E-state index contributed by atoms with van der Waals surface area (Å²) in [7, 11) is 0. The molecule has 1 amide bonds. The fraction of sp³-hybridized carbons (Fsp3) is 0.833. The molecule has 0 aliphatic rings. The zero-order valence-electron chi connectivity index (χ0n) is 6.13. The van der Waals surface area contributed by atoms with E-state index in [1.165, 1.54) is 0 Å². The Balaban J connectivity index is 3.26. The predicted molar refractivity (Wildman–Crippen MR) is 37.9 cm³/mol. The second kappa shape index (κ2) is 5.20. The van der Waals surface area contributed by atoms with Crippen LogP contribution >= 0.6 is 0 Å². The van der Waals surface area contributed by atoms with Crippen molar-refractivity contribution >= 4 is 5.91 Å². The number of aliphatic hydroxyl groups is 1. The molecule has 0 saturated carbocycles. The van der Waals surface area contributed by atoms with Crippen LogP contribution in [0, 0.1) is 0 Å². The van der Waals surface area contributed by atoms with Crippen LogP contribution in [0.2, 0.25) is 0 Å². The van der Waals surface area contributed by atoms with Crippen LogP contribution < -0.4 is 11.3 Å². The van der Waals surface area contributed by atoms with Crippen LogP contribution in [0.25, 0.3) is 0 Å². The van der Waals surface area contributed by atoms with Crippen LogP contribution in [0.4, 0.5) is 0 Å². The van der Waals surface area contributed by atoms with Crippen molar-refractivity contribution in [3.8, 4) is 0 Å². The zero-order valence-corrected chi connectivity index (χ0v) is 6.13. The maximum atomic E-state index is 10.5. The number of carbonyl (C=O) groups is 1. The Kier molecular flexibility index (Phi) is 4.88. The average Bonchev–Trinajstić information content (AvgIpc) is 1.99. The lowest BCUT2D eigenvalue weighted by molar-refractivity contribution is -0.121. The van der Waals surface area contributed by atoms with E-state index in [-0.39, 0.29) is 12.0 Å². The Morgan fingerprint density at radius 1 is 1.80 bits per heavy atom. The zero-order chi connectivity index (χ0) is 7.98. The topological polar surface area (TPSA) is 75.3 Å². The molecule has 1 unspecified atom stereocenters. The van der Waals surface area contributed by atoms with E-state index in [1.54, 1.807) is 0 Å². The first-order valence-electron chi connectivity index (χ1n) is 3.38. The van der Waals surface area contributed by atoms with Gasteiger partial charge in [0, 0.05) is 6.42 Å². The molecule has 0 spiro atoms. The van der Waals surface area contributed by atoms with Gasteiger partial charge in [0.15, 0.2) is 0 Å². The second-order valence-corrected chi connectivity index (χ2v) is 2.17. The van der Waals surface area contributed by atoms with Crippen molar-refractivity contribution in [3.05, 3.63) is 0 Å². The van der Waals surface area contributed by atoms with Gasteiger partial charge in [0.05, 0.1) is 6.10 Å². The molecule has 0 aliphatic heterocycles. The monoisotopic (exact) mass is 146 g/mol. The molecule has 60 valence electrons. The summed E-state index contributed by atoms with van der Waals surface area (Å²) in [4.78, 5) is 10.5. The van der Waals surface area contributed by atoms with E-state index in [0.29, 0.717) is 19.3 Å². The minimum atomic E-state index is -0.378. The van der Waals surface area contributed by atoms with E-state index in [2.05, 4.69) is 0 Å². The smallest absolute Gasteiger partial charge is 0.233 e. The van der Waals surface area contributed by atoms with Crippen LogP contribution in [0.1, 0.15) is 26.2 Å². The Hall–Kier alpha value is -0.610. The average molecular weight is 146 g/mol. The van der Waals surface area contributed by atoms with Gasteiger partial charge in [-0.15, -0.1) is 0 Å². The molecule has 1 atom stereocenters. The maximum Gasteiger partial charge on any atom is 0.233 e. The van der Waals surface area contributed by atoms with Crippen molar-refractivity contribution in [2.24, 2.45) is 5.84 Å². The first-order valence-corrected chi connectivity index (χ1v) is 3.38. The summed E-state index contributed by atoms with van der Waals surface area (Å²) in [6.07, 6.45) is 1.08. The highest BCUT2D eigenvalue weighted by Gasteiger charge is 2.03. The number of hydrogen-bond acceptors (Lipinski definition) is 3. The van der Waals surface area contributed by atoms with Crippen LogP contribution in [-0.2, 0) is 4.79 Å². The molecule has 4 heteroatoms. The number of nitrogens with one attached hydrogen (secondary N) is 1. The molecule has 0 aliphatic carbocycles. The number of hydrazine groups is 1. The first-order chi connectivity index (χ1) is 4.70. The number of aliphatic hydroxyl groups excluding tert-OH is 1. The molecule has 0 radical (unpaired) electrons. The van der Waals surface area contributed by atoms with Gasteiger partial charge in [-0.1, -0.05) is 6.92 Å². The predicted octanol–water partition coefficient (Wildman–Crippen LogP) is -0.473. The number of nitrogens with two attached hydrogens (primary N) is 1. The van der Waals surface area contributed by atoms with E-state index in [4.69, 9.17) is 10.9 Å². The van der Waals surface area contributed by atoms with Crippen molar-refractivity contribution in [2.45, 2.75) is 32.3 Å². The van der Waals surface area contributed by atoms with Crippen LogP contribution in [0.5, 0.6) is 0 Å². The lowest BCUT2D eigenvalue weighted by Crippen LogP contribution is -2.30. The van der Waals surface area contributed by atoms with Gasteiger partial charge in [-0.05, 0) is 12.8 Å². The number of hydrogen-bond donors (Lipinski definition) is 3. The quantitative estimate of drug-likeness (QED) is 0.285.